The van der Waals surface area contributed by atoms with Crippen molar-refractivity contribution < 1.29 is 14.3 Å². The number of carbonyl (C=O) groups excluding carboxylic acids is 1. The van der Waals surface area contributed by atoms with Gasteiger partial charge in [-0.15, -0.1) is 0 Å². The minimum absolute atomic E-state index is 0.103. The SMILES string of the molecule is Cc1c(O)cccc1C(=O)N(C)Cc1ccc(F)cc1. The predicted octanol–water partition coefficient (Wildman–Crippen LogP) is 3.11. The summed E-state index contributed by atoms with van der Waals surface area (Å²) in [5, 5.41) is 9.64. The van der Waals surface area contributed by atoms with E-state index >= 15 is 0 Å². The van der Waals surface area contributed by atoms with E-state index in [0.29, 0.717) is 17.7 Å². The molecule has 2 aromatic carbocycles. The van der Waals surface area contributed by atoms with Crippen molar-refractivity contribution in [2.75, 3.05) is 7.05 Å². The second-order valence-electron chi connectivity index (χ2n) is 4.74. The molecule has 2 rings (SSSR count). The number of carbonyl (C=O) groups is 1. The number of aromatic hydroxyl groups is 1. The summed E-state index contributed by atoms with van der Waals surface area (Å²) in [5.74, 6) is -0.375. The number of rotatable bonds is 3. The maximum Gasteiger partial charge on any atom is 0.254 e. The van der Waals surface area contributed by atoms with Gasteiger partial charge in [-0.1, -0.05) is 18.2 Å². The number of nitrogens with zero attached hydrogens (tertiary/aromatic N) is 1. The lowest BCUT2D eigenvalue weighted by Crippen LogP contribution is -2.26. The molecule has 0 atom stereocenters. The van der Waals surface area contributed by atoms with Gasteiger partial charge in [-0.05, 0) is 36.8 Å². The molecule has 20 heavy (non-hydrogen) atoms. The third-order valence-corrected chi connectivity index (χ3v) is 3.22. The highest BCUT2D eigenvalue weighted by Gasteiger charge is 2.15. The van der Waals surface area contributed by atoms with Crippen LogP contribution in [0.4, 0.5) is 4.39 Å². The van der Waals surface area contributed by atoms with Crippen LogP contribution in [0.15, 0.2) is 42.5 Å². The number of hydrogen-bond acceptors (Lipinski definition) is 2. The van der Waals surface area contributed by atoms with Crippen molar-refractivity contribution in [3.63, 3.8) is 0 Å². The number of benzene rings is 2. The quantitative estimate of drug-likeness (QED) is 0.933. The van der Waals surface area contributed by atoms with Crippen LogP contribution in [-0.4, -0.2) is 23.0 Å². The molecule has 0 aliphatic rings. The molecular weight excluding hydrogens is 257 g/mol. The Kier molecular flexibility index (Phi) is 4.03. The Morgan fingerprint density at radius 2 is 1.85 bits per heavy atom. The summed E-state index contributed by atoms with van der Waals surface area (Å²) in [7, 11) is 1.68. The molecule has 0 unspecified atom stereocenters. The average Bonchev–Trinajstić information content (AvgIpc) is 2.43. The third kappa shape index (κ3) is 2.96. The molecular formula is C16H16FNO2. The van der Waals surface area contributed by atoms with Crippen molar-refractivity contribution in [1.29, 1.82) is 0 Å². The van der Waals surface area contributed by atoms with E-state index in [1.807, 2.05) is 0 Å². The van der Waals surface area contributed by atoms with E-state index in [4.69, 9.17) is 0 Å². The smallest absolute Gasteiger partial charge is 0.254 e. The summed E-state index contributed by atoms with van der Waals surface area (Å²) in [6.07, 6.45) is 0. The van der Waals surface area contributed by atoms with Crippen LogP contribution in [0.5, 0.6) is 5.75 Å². The minimum Gasteiger partial charge on any atom is -0.508 e. The number of halogens is 1. The highest BCUT2D eigenvalue weighted by Crippen LogP contribution is 2.21. The second-order valence-corrected chi connectivity index (χ2v) is 4.74. The van der Waals surface area contributed by atoms with Crippen molar-refractivity contribution in [2.45, 2.75) is 13.5 Å². The van der Waals surface area contributed by atoms with E-state index in [9.17, 15) is 14.3 Å². The van der Waals surface area contributed by atoms with Gasteiger partial charge in [0.05, 0.1) is 0 Å². The van der Waals surface area contributed by atoms with E-state index < -0.39 is 0 Å². The largest absolute Gasteiger partial charge is 0.508 e. The fraction of sp³-hybridized carbons (Fsp3) is 0.188. The zero-order valence-electron chi connectivity index (χ0n) is 11.4. The van der Waals surface area contributed by atoms with Gasteiger partial charge in [0.25, 0.3) is 5.91 Å². The normalized spacial score (nSPS) is 10.3. The van der Waals surface area contributed by atoms with Gasteiger partial charge in [0, 0.05) is 24.7 Å². The molecule has 0 fully saturated rings. The molecule has 1 amide bonds. The molecule has 3 nitrogen and oxygen atoms in total. The number of phenolic OH excluding ortho intramolecular Hbond substituents is 1. The van der Waals surface area contributed by atoms with Crippen LogP contribution in [-0.2, 0) is 6.54 Å². The molecule has 0 saturated carbocycles. The lowest BCUT2D eigenvalue weighted by molar-refractivity contribution is 0.0784. The molecule has 4 heteroatoms. The molecule has 104 valence electrons. The van der Waals surface area contributed by atoms with Crippen molar-refractivity contribution in [3.8, 4) is 5.75 Å². The first-order valence-corrected chi connectivity index (χ1v) is 6.27. The van der Waals surface area contributed by atoms with Crippen LogP contribution in [0.2, 0.25) is 0 Å². The van der Waals surface area contributed by atoms with Crippen LogP contribution in [0.1, 0.15) is 21.5 Å². The van der Waals surface area contributed by atoms with Crippen molar-refractivity contribution in [3.05, 3.63) is 65.0 Å². The first-order valence-electron chi connectivity index (χ1n) is 6.27. The van der Waals surface area contributed by atoms with Crippen LogP contribution in [0.25, 0.3) is 0 Å². The van der Waals surface area contributed by atoms with Gasteiger partial charge in [0.15, 0.2) is 0 Å². The molecule has 0 radical (unpaired) electrons. The summed E-state index contributed by atoms with van der Waals surface area (Å²) >= 11 is 0. The van der Waals surface area contributed by atoms with Gasteiger partial charge < -0.3 is 10.0 Å². The van der Waals surface area contributed by atoms with Crippen molar-refractivity contribution in [2.24, 2.45) is 0 Å². The van der Waals surface area contributed by atoms with Crippen LogP contribution >= 0.6 is 0 Å². The Balaban J connectivity index is 2.16. The first-order chi connectivity index (χ1) is 9.49. The fourth-order valence-electron chi connectivity index (χ4n) is 2.00. The van der Waals surface area contributed by atoms with Gasteiger partial charge >= 0.3 is 0 Å². The molecule has 0 heterocycles. The summed E-state index contributed by atoms with van der Waals surface area (Å²) < 4.78 is 12.8. The van der Waals surface area contributed by atoms with Gasteiger partial charge in [-0.2, -0.15) is 0 Å². The molecule has 0 bridgehead atoms. The molecule has 0 saturated heterocycles. The predicted molar refractivity (Wildman–Crippen MR) is 75.0 cm³/mol. The molecule has 0 aliphatic carbocycles. The molecule has 0 aliphatic heterocycles. The summed E-state index contributed by atoms with van der Waals surface area (Å²) in [4.78, 5) is 13.9. The zero-order chi connectivity index (χ0) is 14.7. The number of phenols is 1. The van der Waals surface area contributed by atoms with Crippen LogP contribution in [0.3, 0.4) is 0 Å². The summed E-state index contributed by atoms with van der Waals surface area (Å²) in [5.41, 5.74) is 1.87. The Hall–Kier alpha value is -2.36. The van der Waals surface area contributed by atoms with E-state index in [1.54, 1.807) is 44.3 Å². The van der Waals surface area contributed by atoms with Gasteiger partial charge in [0.2, 0.25) is 0 Å². The Bertz CT molecular complexity index is 623. The molecule has 0 spiro atoms. The zero-order valence-corrected chi connectivity index (χ0v) is 11.4. The summed E-state index contributed by atoms with van der Waals surface area (Å²) in [6.45, 7) is 2.09. The Labute approximate surface area is 117 Å². The Morgan fingerprint density at radius 1 is 1.20 bits per heavy atom. The van der Waals surface area contributed by atoms with Crippen molar-refractivity contribution in [1.82, 2.24) is 4.90 Å². The minimum atomic E-state index is -0.299. The standard InChI is InChI=1S/C16H16FNO2/c1-11-14(4-3-5-15(11)19)16(20)18(2)10-12-6-8-13(17)9-7-12/h3-9,19H,10H2,1-2H3. The van der Waals surface area contributed by atoms with E-state index in [0.717, 1.165) is 5.56 Å². The maximum absolute atomic E-state index is 12.8. The highest BCUT2D eigenvalue weighted by molar-refractivity contribution is 5.96. The average molecular weight is 273 g/mol. The third-order valence-electron chi connectivity index (χ3n) is 3.22. The fourth-order valence-corrected chi connectivity index (χ4v) is 2.00. The highest BCUT2D eigenvalue weighted by atomic mass is 19.1. The lowest BCUT2D eigenvalue weighted by atomic mass is 10.1. The number of hydrogen-bond donors (Lipinski definition) is 1. The van der Waals surface area contributed by atoms with Crippen LogP contribution < -0.4 is 0 Å². The summed E-state index contributed by atoms with van der Waals surface area (Å²) in [6, 6.07) is 10.9. The number of amides is 1. The van der Waals surface area contributed by atoms with E-state index in [-0.39, 0.29) is 17.5 Å². The second kappa shape index (κ2) is 5.74. The molecule has 1 N–H and O–H groups in total. The van der Waals surface area contributed by atoms with E-state index in [2.05, 4.69) is 0 Å². The maximum atomic E-state index is 12.8. The van der Waals surface area contributed by atoms with Gasteiger partial charge in [0.1, 0.15) is 11.6 Å². The monoisotopic (exact) mass is 273 g/mol. The molecule has 2 aromatic rings. The topological polar surface area (TPSA) is 40.5 Å². The van der Waals surface area contributed by atoms with Crippen LogP contribution in [0, 0.1) is 12.7 Å². The van der Waals surface area contributed by atoms with Gasteiger partial charge in [-0.25, -0.2) is 4.39 Å². The first kappa shape index (κ1) is 14.1. The molecule has 0 aromatic heterocycles. The van der Waals surface area contributed by atoms with Gasteiger partial charge in [-0.3, -0.25) is 4.79 Å². The Morgan fingerprint density at radius 3 is 2.50 bits per heavy atom. The van der Waals surface area contributed by atoms with E-state index in [1.165, 1.54) is 17.0 Å². The lowest BCUT2D eigenvalue weighted by Gasteiger charge is -2.18. The van der Waals surface area contributed by atoms with Crippen molar-refractivity contribution >= 4 is 5.91 Å².